The van der Waals surface area contributed by atoms with E-state index in [2.05, 4.69) is 15.3 Å². The van der Waals surface area contributed by atoms with Crippen molar-refractivity contribution in [1.29, 1.82) is 0 Å². The monoisotopic (exact) mass is 269 g/mol. The molecule has 4 nitrogen and oxygen atoms in total. The summed E-state index contributed by atoms with van der Waals surface area (Å²) in [5.74, 6) is 2.09. The number of aromatic nitrogens is 2. The lowest BCUT2D eigenvalue weighted by Crippen LogP contribution is -2.12. The van der Waals surface area contributed by atoms with Gasteiger partial charge in [0.1, 0.15) is 16.8 Å². The number of hydrogen-bond acceptors (Lipinski definition) is 4. The average Bonchev–Trinajstić information content (AvgIpc) is 2.39. The van der Waals surface area contributed by atoms with Crippen LogP contribution in [-0.4, -0.2) is 28.2 Å². The molecule has 2 rings (SSSR count). The summed E-state index contributed by atoms with van der Waals surface area (Å²) < 4.78 is 0. The van der Waals surface area contributed by atoms with Gasteiger partial charge in [-0.05, 0) is 19.3 Å². The van der Waals surface area contributed by atoms with Crippen LogP contribution in [0.5, 0.6) is 0 Å². The predicted molar refractivity (Wildman–Crippen MR) is 73.1 cm³/mol. The van der Waals surface area contributed by atoms with Crippen molar-refractivity contribution in [3.63, 3.8) is 0 Å². The van der Waals surface area contributed by atoms with Crippen molar-refractivity contribution in [2.45, 2.75) is 44.4 Å². The van der Waals surface area contributed by atoms with Crippen LogP contribution in [0.2, 0.25) is 5.15 Å². The Morgan fingerprint density at radius 3 is 2.78 bits per heavy atom. The Morgan fingerprint density at radius 1 is 1.28 bits per heavy atom. The highest BCUT2D eigenvalue weighted by Crippen LogP contribution is 2.31. The largest absolute Gasteiger partial charge is 0.396 e. The Hall–Kier alpha value is -0.870. The van der Waals surface area contributed by atoms with Crippen molar-refractivity contribution < 1.29 is 5.11 Å². The number of nitrogens with one attached hydrogen (secondary N) is 1. The second-order valence-corrected chi connectivity index (χ2v) is 5.16. The number of rotatable bonds is 5. The lowest BCUT2D eigenvalue weighted by molar-refractivity contribution is 0.292. The van der Waals surface area contributed by atoms with Crippen LogP contribution in [-0.2, 0) is 0 Å². The maximum Gasteiger partial charge on any atom is 0.135 e. The first-order chi connectivity index (χ1) is 8.79. The molecule has 1 aromatic rings. The molecule has 0 amide bonds. The summed E-state index contributed by atoms with van der Waals surface area (Å²) in [4.78, 5) is 8.89. The fraction of sp³-hybridized carbons (Fsp3) is 0.692. The van der Waals surface area contributed by atoms with Gasteiger partial charge in [0.25, 0.3) is 0 Å². The van der Waals surface area contributed by atoms with Crippen molar-refractivity contribution in [2.75, 3.05) is 18.5 Å². The highest BCUT2D eigenvalue weighted by atomic mass is 35.5. The van der Waals surface area contributed by atoms with Crippen molar-refractivity contribution in [1.82, 2.24) is 9.97 Å². The van der Waals surface area contributed by atoms with Gasteiger partial charge >= 0.3 is 0 Å². The summed E-state index contributed by atoms with van der Waals surface area (Å²) in [7, 11) is 0. The summed E-state index contributed by atoms with van der Waals surface area (Å²) in [5.41, 5.74) is 0. The van der Waals surface area contributed by atoms with Crippen LogP contribution in [0.3, 0.4) is 0 Å². The smallest absolute Gasteiger partial charge is 0.135 e. The molecule has 5 heteroatoms. The Balaban J connectivity index is 2.05. The molecule has 0 aliphatic heterocycles. The maximum atomic E-state index is 8.76. The van der Waals surface area contributed by atoms with E-state index in [9.17, 15) is 0 Å². The summed E-state index contributed by atoms with van der Waals surface area (Å²) >= 11 is 6.04. The summed E-state index contributed by atoms with van der Waals surface area (Å²) in [6.07, 6.45) is 6.87. The fourth-order valence-electron chi connectivity index (χ4n) is 2.36. The molecule has 0 unspecified atom stereocenters. The molecule has 1 fully saturated rings. The zero-order chi connectivity index (χ0) is 12.8. The number of halogens is 1. The minimum atomic E-state index is 0.182. The fourth-order valence-corrected chi connectivity index (χ4v) is 2.55. The van der Waals surface area contributed by atoms with Crippen molar-refractivity contribution in [2.24, 2.45) is 0 Å². The maximum absolute atomic E-state index is 8.76. The Bertz CT molecular complexity index is 380. The predicted octanol–water partition coefficient (Wildman–Crippen LogP) is 2.97. The van der Waals surface area contributed by atoms with Gasteiger partial charge in [0, 0.05) is 25.1 Å². The van der Waals surface area contributed by atoms with Gasteiger partial charge in [0.2, 0.25) is 0 Å². The van der Waals surface area contributed by atoms with Crippen LogP contribution >= 0.6 is 11.6 Å². The first-order valence-electron chi connectivity index (χ1n) is 6.69. The highest BCUT2D eigenvalue weighted by Gasteiger charge is 2.19. The lowest BCUT2D eigenvalue weighted by Gasteiger charge is -2.20. The molecule has 0 radical (unpaired) electrons. The van der Waals surface area contributed by atoms with Gasteiger partial charge in [-0.2, -0.15) is 0 Å². The number of nitrogens with zero attached hydrogens (tertiary/aromatic N) is 2. The van der Waals surface area contributed by atoms with Gasteiger partial charge in [-0.3, -0.25) is 0 Å². The number of aliphatic hydroxyl groups excluding tert-OH is 1. The quantitative estimate of drug-likeness (QED) is 0.637. The molecule has 0 atom stereocenters. The van der Waals surface area contributed by atoms with Crippen molar-refractivity contribution >= 4 is 17.4 Å². The number of hydrogen-bond donors (Lipinski definition) is 2. The Labute approximate surface area is 113 Å². The molecule has 1 aliphatic rings. The normalized spacial score (nSPS) is 16.8. The molecular weight excluding hydrogens is 250 g/mol. The standard InChI is InChI=1S/C13H20ClN3O/c14-11-9-12(15-7-4-8-18)17-13(16-11)10-5-2-1-3-6-10/h9-10,18H,1-8H2,(H,15,16,17). The van der Waals surface area contributed by atoms with E-state index in [4.69, 9.17) is 16.7 Å². The lowest BCUT2D eigenvalue weighted by atomic mass is 9.89. The van der Waals surface area contributed by atoms with E-state index in [1.54, 1.807) is 6.07 Å². The molecule has 1 aromatic heterocycles. The van der Waals surface area contributed by atoms with Gasteiger partial charge in [0.15, 0.2) is 0 Å². The van der Waals surface area contributed by atoms with Crippen molar-refractivity contribution in [3.05, 3.63) is 17.0 Å². The van der Waals surface area contributed by atoms with E-state index in [1.165, 1.54) is 19.3 Å². The van der Waals surface area contributed by atoms with E-state index >= 15 is 0 Å². The van der Waals surface area contributed by atoms with Gasteiger partial charge in [-0.15, -0.1) is 0 Å². The highest BCUT2D eigenvalue weighted by molar-refractivity contribution is 6.29. The van der Waals surface area contributed by atoms with Gasteiger partial charge in [0.05, 0.1) is 0 Å². The molecule has 0 spiro atoms. The SMILES string of the molecule is OCCCNc1cc(Cl)nc(C2CCCCC2)n1. The summed E-state index contributed by atoms with van der Waals surface area (Å²) in [6.45, 7) is 0.884. The molecule has 1 aliphatic carbocycles. The third-order valence-corrected chi connectivity index (χ3v) is 3.52. The van der Waals surface area contributed by atoms with Crippen molar-refractivity contribution in [3.8, 4) is 0 Å². The number of aliphatic hydroxyl groups is 1. The molecule has 2 N–H and O–H groups in total. The van der Waals surface area contributed by atoms with Crippen LogP contribution in [0.1, 0.15) is 50.3 Å². The third-order valence-electron chi connectivity index (χ3n) is 3.32. The van der Waals surface area contributed by atoms with Crippen LogP contribution in [0.25, 0.3) is 0 Å². The zero-order valence-corrected chi connectivity index (χ0v) is 11.3. The van der Waals surface area contributed by atoms with Gasteiger partial charge < -0.3 is 10.4 Å². The average molecular weight is 270 g/mol. The molecule has 18 heavy (non-hydrogen) atoms. The Kier molecular flexibility index (Phi) is 5.20. The topological polar surface area (TPSA) is 58.0 Å². The second-order valence-electron chi connectivity index (χ2n) is 4.77. The van der Waals surface area contributed by atoms with E-state index in [-0.39, 0.29) is 6.61 Å². The van der Waals surface area contributed by atoms with Crippen LogP contribution in [0, 0.1) is 0 Å². The minimum Gasteiger partial charge on any atom is -0.396 e. The van der Waals surface area contributed by atoms with Crippen LogP contribution in [0.4, 0.5) is 5.82 Å². The molecule has 0 saturated heterocycles. The molecule has 1 saturated carbocycles. The van der Waals surface area contributed by atoms with Gasteiger partial charge in [-0.1, -0.05) is 30.9 Å². The van der Waals surface area contributed by atoms with Gasteiger partial charge in [-0.25, -0.2) is 9.97 Å². The van der Waals surface area contributed by atoms with Crippen LogP contribution < -0.4 is 5.32 Å². The summed E-state index contributed by atoms with van der Waals surface area (Å²) in [6, 6.07) is 1.74. The van der Waals surface area contributed by atoms with E-state index < -0.39 is 0 Å². The van der Waals surface area contributed by atoms with E-state index in [1.807, 2.05) is 0 Å². The molecule has 0 aromatic carbocycles. The van der Waals surface area contributed by atoms with Crippen LogP contribution in [0.15, 0.2) is 6.07 Å². The van der Waals surface area contributed by atoms with E-state index in [0.717, 1.165) is 24.5 Å². The third kappa shape index (κ3) is 3.82. The molecule has 0 bridgehead atoms. The number of anilines is 1. The summed E-state index contributed by atoms with van der Waals surface area (Å²) in [5, 5.41) is 12.4. The first kappa shape index (κ1) is 13.6. The molecular formula is C13H20ClN3O. The molecule has 100 valence electrons. The zero-order valence-electron chi connectivity index (χ0n) is 10.5. The van der Waals surface area contributed by atoms with E-state index in [0.29, 0.717) is 24.0 Å². The first-order valence-corrected chi connectivity index (χ1v) is 7.06. The molecule has 1 heterocycles. The Morgan fingerprint density at radius 2 is 2.06 bits per heavy atom. The minimum absolute atomic E-state index is 0.182. The second kappa shape index (κ2) is 6.90.